The molecule has 5 rings (SSSR count). The maximum Gasteiger partial charge on any atom is 0.242 e. The van der Waals surface area contributed by atoms with E-state index in [0.29, 0.717) is 42.8 Å². The molecule has 1 aromatic heterocycles. The van der Waals surface area contributed by atoms with Crippen molar-refractivity contribution in [3.05, 3.63) is 76.2 Å². The number of thioether (sulfide) groups is 1. The van der Waals surface area contributed by atoms with Crippen molar-refractivity contribution in [2.24, 2.45) is 0 Å². The third kappa shape index (κ3) is 5.32. The van der Waals surface area contributed by atoms with E-state index in [4.69, 9.17) is 21.4 Å². The van der Waals surface area contributed by atoms with Crippen molar-refractivity contribution in [1.29, 1.82) is 0 Å². The molecule has 0 N–H and O–H groups in total. The highest BCUT2D eigenvalue weighted by Gasteiger charge is 2.40. The van der Waals surface area contributed by atoms with Gasteiger partial charge in [0.2, 0.25) is 11.8 Å². The Labute approximate surface area is 230 Å². The molecule has 10 heteroatoms. The summed E-state index contributed by atoms with van der Waals surface area (Å²) in [6.07, 6.45) is 0. The number of morpholine rings is 1. The lowest BCUT2D eigenvalue weighted by molar-refractivity contribution is -0.134. The summed E-state index contributed by atoms with van der Waals surface area (Å²) in [5.41, 5.74) is 2.57. The van der Waals surface area contributed by atoms with Gasteiger partial charge in [0.15, 0.2) is 0 Å². The van der Waals surface area contributed by atoms with E-state index in [2.05, 4.69) is 20.8 Å². The lowest BCUT2D eigenvalue weighted by atomic mass is 9.87. The standard InChI is InChI=1S/C28H30ClFN4O3S/c1-28(2,3)26-24-25(18-6-4-8-20(30)14-18)38-17-23(36)33(16-22(35)32-10-12-37-13-11-32)27(24)34(31-26)21-9-5-7-19(29)15-21/h4-9,14-15,25H,10-13,16-17H2,1-3H3/t25-/m0/s1. The van der Waals surface area contributed by atoms with E-state index in [0.717, 1.165) is 16.8 Å². The van der Waals surface area contributed by atoms with Crippen LogP contribution in [0.5, 0.6) is 0 Å². The number of aromatic nitrogens is 2. The van der Waals surface area contributed by atoms with E-state index in [1.165, 1.54) is 23.9 Å². The van der Waals surface area contributed by atoms with Gasteiger partial charge < -0.3 is 9.64 Å². The second-order valence-corrected chi connectivity index (χ2v) is 12.0. The summed E-state index contributed by atoms with van der Waals surface area (Å²) < 4.78 is 21.5. The molecule has 2 aliphatic rings. The topological polar surface area (TPSA) is 67.7 Å². The van der Waals surface area contributed by atoms with Crippen molar-refractivity contribution in [3.8, 4) is 5.69 Å². The highest BCUT2D eigenvalue weighted by Crippen LogP contribution is 2.48. The fraction of sp³-hybridized carbons (Fsp3) is 0.393. The fourth-order valence-electron chi connectivity index (χ4n) is 4.84. The third-order valence-corrected chi connectivity index (χ3v) is 8.15. The summed E-state index contributed by atoms with van der Waals surface area (Å²) in [4.78, 5) is 30.4. The van der Waals surface area contributed by atoms with E-state index >= 15 is 0 Å². The predicted octanol–water partition coefficient (Wildman–Crippen LogP) is 4.99. The summed E-state index contributed by atoms with van der Waals surface area (Å²) in [6, 6.07) is 13.7. The number of rotatable bonds is 4. The molecule has 3 heterocycles. The molecule has 0 saturated carbocycles. The number of halogens is 2. The molecule has 7 nitrogen and oxygen atoms in total. The smallest absolute Gasteiger partial charge is 0.242 e. The van der Waals surface area contributed by atoms with Crippen LogP contribution in [0.4, 0.5) is 10.2 Å². The van der Waals surface area contributed by atoms with Gasteiger partial charge in [0.25, 0.3) is 0 Å². The molecule has 3 aromatic rings. The zero-order valence-electron chi connectivity index (χ0n) is 21.6. The normalized spacial score (nSPS) is 18.3. The van der Waals surface area contributed by atoms with Crippen LogP contribution in [0.1, 0.15) is 42.8 Å². The molecule has 0 spiro atoms. The maximum absolute atomic E-state index is 14.4. The summed E-state index contributed by atoms with van der Waals surface area (Å²) in [6.45, 7) is 7.94. The predicted molar refractivity (Wildman–Crippen MR) is 148 cm³/mol. The van der Waals surface area contributed by atoms with Crippen molar-refractivity contribution in [1.82, 2.24) is 14.7 Å². The van der Waals surface area contributed by atoms with Gasteiger partial charge in [-0.3, -0.25) is 14.5 Å². The lowest BCUT2D eigenvalue weighted by Gasteiger charge is -2.30. The molecule has 1 atom stereocenters. The van der Waals surface area contributed by atoms with Crippen molar-refractivity contribution in [2.75, 3.05) is 43.5 Å². The molecule has 0 bridgehead atoms. The molecule has 200 valence electrons. The Balaban J connectivity index is 1.73. The minimum Gasteiger partial charge on any atom is -0.378 e. The van der Waals surface area contributed by atoms with Gasteiger partial charge in [-0.05, 0) is 35.9 Å². The SMILES string of the molecule is CC(C)(C)c1nn(-c2cccc(Cl)c2)c2c1[C@H](c1cccc(F)c1)SCC(=O)N2CC(=O)N1CCOCC1. The quantitative estimate of drug-likeness (QED) is 0.453. The summed E-state index contributed by atoms with van der Waals surface area (Å²) in [5, 5.41) is 5.19. The van der Waals surface area contributed by atoms with Gasteiger partial charge in [-0.1, -0.05) is 50.6 Å². The average molecular weight is 557 g/mol. The highest BCUT2D eigenvalue weighted by atomic mass is 35.5. The number of fused-ring (bicyclic) bond motifs is 1. The lowest BCUT2D eigenvalue weighted by Crippen LogP contribution is -2.48. The number of benzene rings is 2. The third-order valence-electron chi connectivity index (χ3n) is 6.66. The van der Waals surface area contributed by atoms with E-state index in [-0.39, 0.29) is 35.2 Å². The van der Waals surface area contributed by atoms with E-state index in [9.17, 15) is 14.0 Å². The molecule has 0 unspecified atom stereocenters. The Morgan fingerprint density at radius 3 is 2.58 bits per heavy atom. The molecule has 2 aromatic carbocycles. The number of amides is 2. The zero-order valence-corrected chi connectivity index (χ0v) is 23.2. The highest BCUT2D eigenvalue weighted by molar-refractivity contribution is 8.00. The Kier molecular flexibility index (Phi) is 7.53. The van der Waals surface area contributed by atoms with Gasteiger partial charge in [0, 0.05) is 29.1 Å². The number of carbonyl (C=O) groups is 2. The first-order chi connectivity index (χ1) is 18.1. The largest absolute Gasteiger partial charge is 0.378 e. The van der Waals surface area contributed by atoms with E-state index in [1.807, 2.05) is 18.2 Å². The van der Waals surface area contributed by atoms with Gasteiger partial charge >= 0.3 is 0 Å². The monoisotopic (exact) mass is 556 g/mol. The van der Waals surface area contributed by atoms with Crippen LogP contribution in [0, 0.1) is 5.82 Å². The Bertz CT molecular complexity index is 1370. The summed E-state index contributed by atoms with van der Waals surface area (Å²) >= 11 is 7.78. The molecule has 1 fully saturated rings. The first-order valence-electron chi connectivity index (χ1n) is 12.6. The molecule has 1 saturated heterocycles. The second kappa shape index (κ2) is 10.7. The van der Waals surface area contributed by atoms with Crippen molar-refractivity contribution < 1.29 is 18.7 Å². The molecule has 38 heavy (non-hydrogen) atoms. The van der Waals surface area contributed by atoms with Crippen LogP contribution in [0.25, 0.3) is 5.69 Å². The Hall–Kier alpha value is -2.88. The van der Waals surface area contributed by atoms with Crippen LogP contribution in [0.15, 0.2) is 48.5 Å². The molecule has 0 aliphatic carbocycles. The molecular formula is C28H30ClFN4O3S. The number of ether oxygens (including phenoxy) is 1. The van der Waals surface area contributed by atoms with Crippen LogP contribution in [-0.2, 0) is 19.7 Å². The second-order valence-electron chi connectivity index (χ2n) is 10.4. The van der Waals surface area contributed by atoms with Crippen LogP contribution in [0.3, 0.4) is 0 Å². The number of hydrogen-bond donors (Lipinski definition) is 0. The van der Waals surface area contributed by atoms with Crippen molar-refractivity contribution >= 4 is 41.0 Å². The summed E-state index contributed by atoms with van der Waals surface area (Å²) in [7, 11) is 0. The van der Waals surface area contributed by atoms with Crippen LogP contribution >= 0.6 is 23.4 Å². The number of anilines is 1. The average Bonchev–Trinajstić information content (AvgIpc) is 3.22. The summed E-state index contributed by atoms with van der Waals surface area (Å²) in [5.74, 6) is -0.0636. The number of nitrogens with zero attached hydrogens (tertiary/aromatic N) is 4. The molecule has 0 radical (unpaired) electrons. The zero-order chi connectivity index (χ0) is 27.0. The molecule has 2 aliphatic heterocycles. The van der Waals surface area contributed by atoms with Crippen molar-refractivity contribution in [3.63, 3.8) is 0 Å². The van der Waals surface area contributed by atoms with Gasteiger partial charge in [0.05, 0.1) is 35.6 Å². The maximum atomic E-state index is 14.4. The fourth-order valence-corrected chi connectivity index (χ4v) is 6.21. The first-order valence-corrected chi connectivity index (χ1v) is 14.0. The molecular weight excluding hydrogens is 527 g/mol. The van der Waals surface area contributed by atoms with Gasteiger partial charge in [-0.2, -0.15) is 5.10 Å². The molecule has 2 amide bonds. The Morgan fingerprint density at radius 2 is 1.89 bits per heavy atom. The van der Waals surface area contributed by atoms with Crippen LogP contribution < -0.4 is 4.90 Å². The van der Waals surface area contributed by atoms with E-state index in [1.54, 1.807) is 32.7 Å². The van der Waals surface area contributed by atoms with Crippen molar-refractivity contribution in [2.45, 2.75) is 31.4 Å². The number of hydrogen-bond acceptors (Lipinski definition) is 5. The number of carbonyl (C=O) groups excluding carboxylic acids is 2. The van der Waals surface area contributed by atoms with Gasteiger partial charge in [-0.15, -0.1) is 11.8 Å². The first kappa shape index (κ1) is 26.7. The minimum atomic E-state index is -0.409. The van der Waals surface area contributed by atoms with E-state index < -0.39 is 5.41 Å². The minimum absolute atomic E-state index is 0.127. The van der Waals surface area contributed by atoms with Crippen LogP contribution in [-0.4, -0.2) is 65.1 Å². The van der Waals surface area contributed by atoms with Crippen LogP contribution in [0.2, 0.25) is 5.02 Å². The van der Waals surface area contributed by atoms with Gasteiger partial charge in [-0.25, -0.2) is 9.07 Å². The van der Waals surface area contributed by atoms with Gasteiger partial charge in [0.1, 0.15) is 18.2 Å². The Morgan fingerprint density at radius 1 is 1.16 bits per heavy atom.